The Kier molecular flexibility index (Phi) is 4.43. The van der Waals surface area contributed by atoms with Gasteiger partial charge in [0.2, 0.25) is 0 Å². The first kappa shape index (κ1) is 15.3. The van der Waals surface area contributed by atoms with Crippen molar-refractivity contribution in [1.82, 2.24) is 15.0 Å². The highest BCUT2D eigenvalue weighted by molar-refractivity contribution is 7.98. The second kappa shape index (κ2) is 6.66. The Hall–Kier alpha value is -2.60. The molecule has 116 valence electrons. The third kappa shape index (κ3) is 3.60. The molecular formula is C17H16N4OS. The van der Waals surface area contributed by atoms with Crippen molar-refractivity contribution in [1.29, 1.82) is 0 Å². The van der Waals surface area contributed by atoms with Crippen LogP contribution in [0.25, 0.3) is 5.69 Å². The molecule has 5 nitrogen and oxygen atoms in total. The molecular weight excluding hydrogens is 308 g/mol. The molecule has 0 fully saturated rings. The molecule has 0 saturated heterocycles. The van der Waals surface area contributed by atoms with Crippen molar-refractivity contribution in [3.05, 3.63) is 66.0 Å². The fraction of sp³-hybridized carbons (Fsp3) is 0.118. The first-order chi connectivity index (χ1) is 11.2. The van der Waals surface area contributed by atoms with E-state index in [1.807, 2.05) is 61.7 Å². The maximum absolute atomic E-state index is 12.3. The smallest absolute Gasteiger partial charge is 0.277 e. The second-order valence-electron chi connectivity index (χ2n) is 5.07. The molecule has 0 radical (unpaired) electrons. The van der Waals surface area contributed by atoms with E-state index in [1.165, 1.54) is 5.56 Å². The summed E-state index contributed by atoms with van der Waals surface area (Å²) < 4.78 is 1.59. The summed E-state index contributed by atoms with van der Waals surface area (Å²) in [6.45, 7) is 2.02. The number of amides is 1. The maximum Gasteiger partial charge on any atom is 0.277 e. The Morgan fingerprint density at radius 1 is 1.17 bits per heavy atom. The van der Waals surface area contributed by atoms with Crippen LogP contribution in [0.15, 0.2) is 59.6 Å². The molecule has 1 amide bonds. The molecule has 0 aliphatic rings. The number of aromatic nitrogens is 3. The molecule has 0 bridgehead atoms. The van der Waals surface area contributed by atoms with E-state index in [4.69, 9.17) is 0 Å². The first-order valence-corrected chi connectivity index (χ1v) is 8.33. The number of nitrogens with one attached hydrogen (secondary N) is 1. The van der Waals surface area contributed by atoms with Crippen molar-refractivity contribution in [2.45, 2.75) is 11.8 Å². The lowest BCUT2D eigenvalue weighted by Gasteiger charge is -2.04. The molecule has 23 heavy (non-hydrogen) atoms. The van der Waals surface area contributed by atoms with Crippen molar-refractivity contribution >= 4 is 23.4 Å². The van der Waals surface area contributed by atoms with Crippen molar-refractivity contribution in [2.24, 2.45) is 0 Å². The summed E-state index contributed by atoms with van der Waals surface area (Å²) in [5.74, 6) is -0.276. The van der Waals surface area contributed by atoms with Gasteiger partial charge in [-0.3, -0.25) is 4.79 Å². The van der Waals surface area contributed by atoms with E-state index in [2.05, 4.69) is 15.6 Å². The Bertz CT molecular complexity index is 827. The van der Waals surface area contributed by atoms with Gasteiger partial charge in [0.15, 0.2) is 5.69 Å². The molecule has 0 spiro atoms. The third-order valence-electron chi connectivity index (χ3n) is 3.35. The zero-order valence-electron chi connectivity index (χ0n) is 12.9. The van der Waals surface area contributed by atoms with Crippen LogP contribution in [-0.4, -0.2) is 27.2 Å². The summed E-state index contributed by atoms with van der Waals surface area (Å²) in [5.41, 5.74) is 3.05. The van der Waals surface area contributed by atoms with Gasteiger partial charge in [-0.2, -0.15) is 0 Å². The fourth-order valence-electron chi connectivity index (χ4n) is 2.09. The average molecular weight is 324 g/mol. The maximum atomic E-state index is 12.3. The fourth-order valence-corrected chi connectivity index (χ4v) is 2.55. The van der Waals surface area contributed by atoms with Crippen molar-refractivity contribution < 1.29 is 4.79 Å². The molecule has 0 unspecified atom stereocenters. The lowest BCUT2D eigenvalue weighted by Crippen LogP contribution is -2.12. The van der Waals surface area contributed by atoms with Crippen LogP contribution in [0, 0.1) is 6.92 Å². The Morgan fingerprint density at radius 3 is 2.70 bits per heavy atom. The number of benzene rings is 2. The summed E-state index contributed by atoms with van der Waals surface area (Å²) in [6.07, 6.45) is 3.62. The monoisotopic (exact) mass is 324 g/mol. The van der Waals surface area contributed by atoms with Crippen LogP contribution >= 0.6 is 11.8 Å². The van der Waals surface area contributed by atoms with Gasteiger partial charge in [-0.1, -0.05) is 29.0 Å². The minimum Gasteiger partial charge on any atom is -0.321 e. The van der Waals surface area contributed by atoms with Gasteiger partial charge in [0, 0.05) is 10.6 Å². The number of anilines is 1. The van der Waals surface area contributed by atoms with Crippen molar-refractivity contribution in [3.63, 3.8) is 0 Å². The van der Waals surface area contributed by atoms with E-state index in [0.29, 0.717) is 0 Å². The summed E-state index contributed by atoms with van der Waals surface area (Å²) in [6, 6.07) is 15.5. The zero-order valence-corrected chi connectivity index (χ0v) is 13.7. The molecule has 0 atom stereocenters. The lowest BCUT2D eigenvalue weighted by molar-refractivity contribution is 0.102. The van der Waals surface area contributed by atoms with E-state index in [0.717, 1.165) is 16.3 Å². The summed E-state index contributed by atoms with van der Waals surface area (Å²) in [7, 11) is 0. The number of carbonyl (C=O) groups excluding carboxylic acids is 1. The predicted molar refractivity (Wildman–Crippen MR) is 92.3 cm³/mol. The average Bonchev–Trinajstić information content (AvgIpc) is 3.06. The highest BCUT2D eigenvalue weighted by Crippen LogP contribution is 2.19. The molecule has 1 aromatic heterocycles. The number of hydrogen-bond donors (Lipinski definition) is 1. The van der Waals surface area contributed by atoms with Crippen LogP contribution in [0.5, 0.6) is 0 Å². The highest BCUT2D eigenvalue weighted by Gasteiger charge is 2.12. The third-order valence-corrected chi connectivity index (χ3v) is 4.08. The molecule has 3 rings (SSSR count). The molecule has 2 aromatic carbocycles. The molecule has 1 N–H and O–H groups in total. The SMILES string of the molecule is CSc1cccc(NC(=O)c2cn(-c3ccc(C)cc3)nn2)c1. The number of aryl methyl sites for hydroxylation is 1. The van der Waals surface area contributed by atoms with E-state index in [-0.39, 0.29) is 11.6 Å². The number of hydrogen-bond acceptors (Lipinski definition) is 4. The Balaban J connectivity index is 1.76. The minimum absolute atomic E-state index is 0.276. The summed E-state index contributed by atoms with van der Waals surface area (Å²) >= 11 is 1.62. The standard InChI is InChI=1S/C17H16N4OS/c1-12-6-8-14(9-7-12)21-11-16(19-20-21)17(22)18-13-4-3-5-15(10-13)23-2/h3-11H,1-2H3,(H,18,22). The van der Waals surface area contributed by atoms with Crippen LogP contribution in [-0.2, 0) is 0 Å². The van der Waals surface area contributed by atoms with E-state index in [9.17, 15) is 4.79 Å². The number of rotatable bonds is 4. The van der Waals surface area contributed by atoms with Crippen LogP contribution in [0.4, 0.5) is 5.69 Å². The van der Waals surface area contributed by atoms with Gasteiger partial charge in [0.05, 0.1) is 11.9 Å². The van der Waals surface area contributed by atoms with Crippen LogP contribution in [0.3, 0.4) is 0 Å². The quantitative estimate of drug-likeness (QED) is 0.746. The summed E-state index contributed by atoms with van der Waals surface area (Å²) in [4.78, 5) is 13.4. The van der Waals surface area contributed by atoms with Gasteiger partial charge in [-0.25, -0.2) is 4.68 Å². The van der Waals surface area contributed by atoms with Crippen molar-refractivity contribution in [3.8, 4) is 5.69 Å². The van der Waals surface area contributed by atoms with Crippen LogP contribution in [0.2, 0.25) is 0 Å². The van der Waals surface area contributed by atoms with Gasteiger partial charge in [0.1, 0.15) is 0 Å². The largest absolute Gasteiger partial charge is 0.321 e. The van der Waals surface area contributed by atoms with E-state index >= 15 is 0 Å². The number of thioether (sulfide) groups is 1. The molecule has 1 heterocycles. The number of carbonyl (C=O) groups is 1. The molecule has 0 saturated carbocycles. The molecule has 6 heteroatoms. The normalized spacial score (nSPS) is 10.5. The van der Waals surface area contributed by atoms with Gasteiger partial charge in [-0.15, -0.1) is 16.9 Å². The van der Waals surface area contributed by atoms with Crippen LogP contribution in [0.1, 0.15) is 16.1 Å². The topological polar surface area (TPSA) is 59.8 Å². The van der Waals surface area contributed by atoms with Gasteiger partial charge in [0.25, 0.3) is 5.91 Å². The summed E-state index contributed by atoms with van der Waals surface area (Å²) in [5, 5.41) is 10.8. The second-order valence-corrected chi connectivity index (χ2v) is 5.95. The first-order valence-electron chi connectivity index (χ1n) is 7.10. The van der Waals surface area contributed by atoms with Gasteiger partial charge in [-0.05, 0) is 43.5 Å². The predicted octanol–water partition coefficient (Wildman–Crippen LogP) is 3.55. The number of nitrogens with zero attached hydrogens (tertiary/aromatic N) is 3. The molecule has 0 aliphatic heterocycles. The van der Waals surface area contributed by atoms with E-state index in [1.54, 1.807) is 22.6 Å². The lowest BCUT2D eigenvalue weighted by atomic mass is 10.2. The Labute approximate surface area is 138 Å². The molecule has 3 aromatic rings. The van der Waals surface area contributed by atoms with Crippen molar-refractivity contribution in [2.75, 3.05) is 11.6 Å². The Morgan fingerprint density at radius 2 is 1.96 bits per heavy atom. The molecule has 0 aliphatic carbocycles. The minimum atomic E-state index is -0.276. The van der Waals surface area contributed by atoms with E-state index < -0.39 is 0 Å². The highest BCUT2D eigenvalue weighted by atomic mass is 32.2. The van der Waals surface area contributed by atoms with Gasteiger partial charge >= 0.3 is 0 Å². The van der Waals surface area contributed by atoms with Gasteiger partial charge < -0.3 is 5.32 Å². The van der Waals surface area contributed by atoms with Crippen LogP contribution < -0.4 is 5.32 Å². The zero-order chi connectivity index (χ0) is 16.2.